The largest absolute Gasteiger partial charge is 0.726 e. The first kappa shape index (κ1) is 36.2. The van der Waals surface area contributed by atoms with Crippen LogP contribution < -0.4 is 10.2 Å². The molecule has 8 nitrogen and oxygen atoms in total. The molecule has 35 heavy (non-hydrogen) atoms. The van der Waals surface area contributed by atoms with Crippen molar-refractivity contribution in [2.75, 3.05) is 39.4 Å². The van der Waals surface area contributed by atoms with Crippen LogP contribution in [0.1, 0.15) is 111 Å². The number of nitrogens with one attached hydrogen (secondary N) is 2. The lowest BCUT2D eigenvalue weighted by Gasteiger charge is -2.16. The van der Waals surface area contributed by atoms with Gasteiger partial charge in [0, 0.05) is 6.42 Å². The van der Waals surface area contributed by atoms with Crippen LogP contribution in [0.4, 0.5) is 0 Å². The van der Waals surface area contributed by atoms with Gasteiger partial charge in [0.25, 0.3) is 0 Å². The standard InChI is InChI=1S/C24H48N2O2.C2H6O4S/c1-3-5-6-7-8-9-10-11-12-13-14-15-16-17-18-19-24(28)25-20-21-26(4-2)22-23-27;1-2-6-7(3,4)5/h11-12,27H,3-10,13-23H2,1-2H3,(H,25,28);2H2,1H3,(H,3,4,5)/b12-11+;. The quantitative estimate of drug-likeness (QED) is 0.0817. The second-order valence-corrected chi connectivity index (χ2v) is 9.88. The molecule has 0 aliphatic rings. The predicted octanol–water partition coefficient (Wildman–Crippen LogP) is 3.52. The molecular formula is C26H54N2O6S. The molecule has 0 heterocycles. The summed E-state index contributed by atoms with van der Waals surface area (Å²) in [6.45, 7) is 9.29. The number of aliphatic hydroxyl groups excluding tert-OH is 1. The van der Waals surface area contributed by atoms with Crippen LogP contribution in [0, 0.1) is 0 Å². The minimum atomic E-state index is -4.42. The molecule has 0 aromatic carbocycles. The Balaban J connectivity index is 0. The number of likely N-dealkylation sites (N-methyl/N-ethyl adjacent to an activating group) is 1. The van der Waals surface area contributed by atoms with E-state index in [-0.39, 0.29) is 19.1 Å². The number of amides is 1. The summed E-state index contributed by atoms with van der Waals surface area (Å²) in [5.74, 6) is 0.178. The molecule has 0 aliphatic carbocycles. The highest BCUT2D eigenvalue weighted by atomic mass is 32.3. The molecule has 0 saturated carbocycles. The molecule has 0 saturated heterocycles. The van der Waals surface area contributed by atoms with E-state index in [1.807, 2.05) is 0 Å². The lowest BCUT2D eigenvalue weighted by molar-refractivity contribution is -0.897. The maximum absolute atomic E-state index is 11.8. The van der Waals surface area contributed by atoms with Crippen molar-refractivity contribution in [3.05, 3.63) is 12.2 Å². The molecule has 0 fully saturated rings. The average Bonchev–Trinajstić information content (AvgIpc) is 2.80. The fourth-order valence-electron chi connectivity index (χ4n) is 3.60. The molecule has 0 aliphatic heterocycles. The topological polar surface area (TPSA) is 120 Å². The van der Waals surface area contributed by atoms with E-state index in [2.05, 4.69) is 35.5 Å². The summed E-state index contributed by atoms with van der Waals surface area (Å²) in [6, 6.07) is 0. The zero-order valence-electron chi connectivity index (χ0n) is 22.7. The highest BCUT2D eigenvalue weighted by Crippen LogP contribution is 2.09. The Hall–Kier alpha value is -1.00. The minimum Gasteiger partial charge on any atom is -0.726 e. The Kier molecular flexibility index (Phi) is 28.5. The number of rotatable bonds is 23. The van der Waals surface area contributed by atoms with Gasteiger partial charge in [0.05, 0.1) is 32.8 Å². The van der Waals surface area contributed by atoms with Crippen molar-refractivity contribution in [1.29, 1.82) is 0 Å². The van der Waals surface area contributed by atoms with Gasteiger partial charge in [-0.05, 0) is 46.0 Å². The first-order chi connectivity index (χ1) is 16.8. The van der Waals surface area contributed by atoms with Gasteiger partial charge in [-0.15, -0.1) is 0 Å². The van der Waals surface area contributed by atoms with E-state index < -0.39 is 10.4 Å². The maximum Gasteiger partial charge on any atom is 0.220 e. The van der Waals surface area contributed by atoms with Crippen molar-refractivity contribution < 1.29 is 32.0 Å². The van der Waals surface area contributed by atoms with Gasteiger partial charge < -0.3 is 19.9 Å². The lowest BCUT2D eigenvalue weighted by atomic mass is 10.1. The van der Waals surface area contributed by atoms with E-state index in [0.717, 1.165) is 32.5 Å². The van der Waals surface area contributed by atoms with Gasteiger partial charge in [0.15, 0.2) is 0 Å². The highest BCUT2D eigenvalue weighted by Gasteiger charge is 2.06. The van der Waals surface area contributed by atoms with Crippen LogP contribution >= 0.6 is 0 Å². The minimum absolute atomic E-state index is 0.0914. The van der Waals surface area contributed by atoms with Crippen molar-refractivity contribution in [3.63, 3.8) is 0 Å². The summed E-state index contributed by atoms with van der Waals surface area (Å²) < 4.78 is 32.0. The second-order valence-electron chi connectivity index (χ2n) is 8.83. The molecule has 0 aromatic heterocycles. The summed E-state index contributed by atoms with van der Waals surface area (Å²) in [5.41, 5.74) is 0. The van der Waals surface area contributed by atoms with Crippen LogP contribution in [0.2, 0.25) is 0 Å². The zero-order chi connectivity index (χ0) is 26.6. The third kappa shape index (κ3) is 33.0. The first-order valence-corrected chi connectivity index (χ1v) is 15.1. The maximum atomic E-state index is 11.8. The van der Waals surface area contributed by atoms with Gasteiger partial charge in [-0.1, -0.05) is 70.4 Å². The van der Waals surface area contributed by atoms with Crippen LogP contribution in [0.3, 0.4) is 0 Å². The third-order valence-electron chi connectivity index (χ3n) is 5.69. The first-order valence-electron chi connectivity index (χ1n) is 13.8. The van der Waals surface area contributed by atoms with Crippen LogP contribution in [-0.4, -0.2) is 63.4 Å². The zero-order valence-corrected chi connectivity index (χ0v) is 23.5. The number of aliphatic hydroxyl groups is 1. The van der Waals surface area contributed by atoms with E-state index >= 15 is 0 Å². The third-order valence-corrected chi connectivity index (χ3v) is 6.22. The van der Waals surface area contributed by atoms with Gasteiger partial charge >= 0.3 is 0 Å². The van der Waals surface area contributed by atoms with Gasteiger partial charge in [0.2, 0.25) is 16.3 Å². The molecule has 0 bridgehead atoms. The molecular weight excluding hydrogens is 468 g/mol. The predicted molar refractivity (Wildman–Crippen MR) is 142 cm³/mol. The Morgan fingerprint density at radius 1 is 0.886 bits per heavy atom. The van der Waals surface area contributed by atoms with Crippen molar-refractivity contribution in [2.45, 2.75) is 111 Å². The number of hydrogen-bond donors (Lipinski definition) is 3. The molecule has 210 valence electrons. The number of quaternary nitrogens is 1. The van der Waals surface area contributed by atoms with E-state index in [4.69, 9.17) is 5.11 Å². The lowest BCUT2D eigenvalue weighted by Crippen LogP contribution is -3.12. The highest BCUT2D eigenvalue weighted by molar-refractivity contribution is 7.80. The van der Waals surface area contributed by atoms with Crippen LogP contribution in [0.25, 0.3) is 0 Å². The van der Waals surface area contributed by atoms with E-state index in [9.17, 15) is 17.8 Å². The monoisotopic (exact) mass is 522 g/mol. The van der Waals surface area contributed by atoms with Crippen LogP contribution in [0.5, 0.6) is 0 Å². The molecule has 1 unspecified atom stereocenters. The molecule has 0 spiro atoms. The van der Waals surface area contributed by atoms with Crippen molar-refractivity contribution in [2.24, 2.45) is 0 Å². The Labute approximate surface area is 215 Å². The average molecular weight is 523 g/mol. The van der Waals surface area contributed by atoms with Gasteiger partial charge in [0.1, 0.15) is 6.54 Å². The molecule has 1 atom stereocenters. The molecule has 0 radical (unpaired) electrons. The van der Waals surface area contributed by atoms with Crippen molar-refractivity contribution in [3.8, 4) is 0 Å². The number of carbonyl (C=O) groups is 1. The Bertz CT molecular complexity index is 584. The fraction of sp³-hybridized carbons (Fsp3) is 0.885. The summed E-state index contributed by atoms with van der Waals surface area (Å²) in [7, 11) is -4.42. The summed E-state index contributed by atoms with van der Waals surface area (Å²) >= 11 is 0. The number of unbranched alkanes of at least 4 members (excludes halogenated alkanes) is 11. The summed E-state index contributed by atoms with van der Waals surface area (Å²) in [5, 5.41) is 12.0. The van der Waals surface area contributed by atoms with Gasteiger partial charge in [-0.3, -0.25) is 8.98 Å². The van der Waals surface area contributed by atoms with Crippen molar-refractivity contribution in [1.82, 2.24) is 5.32 Å². The van der Waals surface area contributed by atoms with Crippen LogP contribution in [0.15, 0.2) is 12.2 Å². The molecule has 1 amide bonds. The second kappa shape index (κ2) is 27.6. The van der Waals surface area contributed by atoms with E-state index in [0.29, 0.717) is 13.0 Å². The summed E-state index contributed by atoms with van der Waals surface area (Å²) in [6.07, 6.45) is 22.1. The van der Waals surface area contributed by atoms with Gasteiger partial charge in [-0.25, -0.2) is 8.42 Å². The summed E-state index contributed by atoms with van der Waals surface area (Å²) in [4.78, 5) is 13.2. The van der Waals surface area contributed by atoms with Gasteiger partial charge in [-0.2, -0.15) is 0 Å². The fourth-order valence-corrected chi connectivity index (χ4v) is 3.89. The smallest absolute Gasteiger partial charge is 0.220 e. The SMILES string of the molecule is CCCCCCCC/C=C/CCCCCCCC(=O)NCC[NH+](CC)CCO.CCOS(=O)(=O)[O-]. The van der Waals surface area contributed by atoms with Crippen LogP contribution in [-0.2, 0) is 19.4 Å². The number of allylic oxidation sites excluding steroid dienone is 2. The molecule has 0 rings (SSSR count). The van der Waals surface area contributed by atoms with E-state index in [1.165, 1.54) is 82.5 Å². The van der Waals surface area contributed by atoms with E-state index in [1.54, 1.807) is 0 Å². The molecule has 9 heteroatoms. The Morgan fingerprint density at radius 2 is 1.43 bits per heavy atom. The number of hydrogen-bond acceptors (Lipinski definition) is 6. The molecule has 0 aromatic rings. The number of carbonyl (C=O) groups excluding carboxylic acids is 1. The molecule has 3 N–H and O–H groups in total. The van der Waals surface area contributed by atoms with Crippen molar-refractivity contribution >= 4 is 16.3 Å². The Morgan fingerprint density at radius 3 is 1.89 bits per heavy atom. The normalized spacial score (nSPS) is 12.4.